The van der Waals surface area contributed by atoms with Gasteiger partial charge in [0, 0.05) is 39.1 Å². The van der Waals surface area contributed by atoms with Gasteiger partial charge in [0.2, 0.25) is 11.8 Å². The number of hydrogen-bond donors (Lipinski definition) is 0. The number of benzene rings is 2. The Kier molecular flexibility index (Phi) is 12.3. The average molecular weight is 578 g/mol. The minimum atomic E-state index is -0.105. The summed E-state index contributed by atoms with van der Waals surface area (Å²) in [6, 6.07) is 19.4. The number of morpholine rings is 1. The first-order valence-electron chi connectivity index (χ1n) is 14.7. The van der Waals surface area contributed by atoms with Crippen LogP contribution in [0.25, 0.3) is 0 Å². The van der Waals surface area contributed by atoms with Gasteiger partial charge in [0.1, 0.15) is 5.76 Å². The molecule has 1 aromatic heterocycles. The highest BCUT2D eigenvalue weighted by Gasteiger charge is 2.23. The molecule has 1 aliphatic rings. The maximum absolute atomic E-state index is 13.8. The number of nitrogens with zero attached hydrogens (tertiary/aromatic N) is 3. The minimum Gasteiger partial charge on any atom is -0.493 e. The Morgan fingerprint density at radius 2 is 1.62 bits per heavy atom. The standard InChI is InChI=1S/C33H43N3O6/c1-39-30-13-11-28(24-31(30)40-2)15-18-36(25-29-10-6-21-42-29)33(38)26-35(17-7-16-34-19-22-41-23-20-34)32(37)14-12-27-8-4-3-5-9-27/h3-6,8-11,13,21,24H,7,12,14-20,22-23,25-26H2,1-2H3. The van der Waals surface area contributed by atoms with Gasteiger partial charge in [0.05, 0.1) is 46.8 Å². The van der Waals surface area contributed by atoms with E-state index >= 15 is 0 Å². The number of furan rings is 1. The van der Waals surface area contributed by atoms with Gasteiger partial charge in [-0.05, 0) is 54.7 Å². The highest BCUT2D eigenvalue weighted by Crippen LogP contribution is 2.28. The SMILES string of the molecule is COc1ccc(CCN(Cc2ccco2)C(=O)CN(CCCN2CCOCC2)C(=O)CCc2ccccc2)cc1OC. The van der Waals surface area contributed by atoms with Crippen molar-refractivity contribution in [1.82, 2.24) is 14.7 Å². The van der Waals surface area contributed by atoms with Crippen LogP contribution in [0.2, 0.25) is 0 Å². The number of amides is 2. The molecular formula is C33H43N3O6. The van der Waals surface area contributed by atoms with Crippen LogP contribution in [-0.2, 0) is 33.7 Å². The summed E-state index contributed by atoms with van der Waals surface area (Å²) in [6.07, 6.45) is 4.03. The van der Waals surface area contributed by atoms with Crippen LogP contribution in [0.3, 0.4) is 0 Å². The zero-order valence-electron chi connectivity index (χ0n) is 24.8. The molecular weight excluding hydrogens is 534 g/mol. The molecule has 1 saturated heterocycles. The van der Waals surface area contributed by atoms with Crippen molar-refractivity contribution in [3.05, 3.63) is 83.8 Å². The molecule has 0 aliphatic carbocycles. The first-order valence-corrected chi connectivity index (χ1v) is 14.7. The average Bonchev–Trinajstić information content (AvgIpc) is 3.55. The number of carbonyl (C=O) groups excluding carboxylic acids is 2. The van der Waals surface area contributed by atoms with Gasteiger partial charge in [-0.3, -0.25) is 14.5 Å². The van der Waals surface area contributed by atoms with E-state index in [9.17, 15) is 9.59 Å². The molecule has 1 fully saturated rings. The lowest BCUT2D eigenvalue weighted by atomic mass is 10.1. The van der Waals surface area contributed by atoms with E-state index in [4.69, 9.17) is 18.6 Å². The smallest absolute Gasteiger partial charge is 0.242 e. The second-order valence-corrected chi connectivity index (χ2v) is 10.4. The van der Waals surface area contributed by atoms with Gasteiger partial charge in [-0.1, -0.05) is 36.4 Å². The van der Waals surface area contributed by atoms with E-state index in [0.29, 0.717) is 56.2 Å². The van der Waals surface area contributed by atoms with Crippen LogP contribution in [-0.4, -0.2) is 93.2 Å². The van der Waals surface area contributed by atoms with Crippen molar-refractivity contribution in [2.75, 3.05) is 66.7 Å². The second-order valence-electron chi connectivity index (χ2n) is 10.4. The van der Waals surface area contributed by atoms with Crippen molar-refractivity contribution in [2.24, 2.45) is 0 Å². The van der Waals surface area contributed by atoms with E-state index in [1.165, 1.54) is 0 Å². The monoisotopic (exact) mass is 577 g/mol. The molecule has 3 aromatic rings. The molecule has 9 nitrogen and oxygen atoms in total. The topological polar surface area (TPSA) is 84.7 Å². The summed E-state index contributed by atoms with van der Waals surface area (Å²) in [5.41, 5.74) is 2.13. The highest BCUT2D eigenvalue weighted by molar-refractivity contribution is 5.85. The van der Waals surface area contributed by atoms with Crippen LogP contribution < -0.4 is 9.47 Å². The van der Waals surface area contributed by atoms with Gasteiger partial charge in [0.25, 0.3) is 0 Å². The van der Waals surface area contributed by atoms with E-state index in [0.717, 1.165) is 50.4 Å². The van der Waals surface area contributed by atoms with Crippen LogP contribution in [0.4, 0.5) is 0 Å². The summed E-state index contributed by atoms with van der Waals surface area (Å²) in [6.45, 7) is 5.50. The van der Waals surface area contributed by atoms with Gasteiger partial charge < -0.3 is 28.4 Å². The number of rotatable bonds is 16. The first-order chi connectivity index (χ1) is 20.6. The number of carbonyl (C=O) groups is 2. The lowest BCUT2D eigenvalue weighted by Crippen LogP contribution is -2.44. The van der Waals surface area contributed by atoms with Crippen LogP contribution >= 0.6 is 0 Å². The second kappa shape index (κ2) is 16.6. The third-order valence-corrected chi connectivity index (χ3v) is 7.55. The molecule has 0 spiro atoms. The molecule has 2 aromatic carbocycles. The lowest BCUT2D eigenvalue weighted by Gasteiger charge is -2.30. The Morgan fingerprint density at radius 1 is 0.833 bits per heavy atom. The molecule has 0 atom stereocenters. The summed E-state index contributed by atoms with van der Waals surface area (Å²) in [5.74, 6) is 1.89. The Bertz CT molecular complexity index is 1230. The molecule has 0 N–H and O–H groups in total. The van der Waals surface area contributed by atoms with E-state index < -0.39 is 0 Å². The van der Waals surface area contributed by atoms with E-state index in [-0.39, 0.29) is 18.4 Å². The summed E-state index contributed by atoms with van der Waals surface area (Å²) in [7, 11) is 3.21. The summed E-state index contributed by atoms with van der Waals surface area (Å²) in [4.78, 5) is 33.1. The molecule has 2 amide bonds. The number of hydrogen-bond acceptors (Lipinski definition) is 7. The molecule has 226 valence electrons. The molecule has 1 aliphatic heterocycles. The zero-order valence-corrected chi connectivity index (χ0v) is 24.8. The number of methoxy groups -OCH3 is 2. The van der Waals surface area contributed by atoms with Crippen molar-refractivity contribution in [2.45, 2.75) is 32.2 Å². The number of aryl methyl sites for hydroxylation is 1. The highest BCUT2D eigenvalue weighted by atomic mass is 16.5. The van der Waals surface area contributed by atoms with Crippen molar-refractivity contribution in [3.8, 4) is 11.5 Å². The zero-order chi connectivity index (χ0) is 29.6. The van der Waals surface area contributed by atoms with E-state index in [1.807, 2.05) is 60.7 Å². The van der Waals surface area contributed by atoms with Crippen molar-refractivity contribution < 1.29 is 28.2 Å². The largest absolute Gasteiger partial charge is 0.493 e. The summed E-state index contributed by atoms with van der Waals surface area (Å²) in [5, 5.41) is 0. The fourth-order valence-electron chi connectivity index (χ4n) is 5.10. The molecule has 0 saturated carbocycles. The van der Waals surface area contributed by atoms with Crippen molar-refractivity contribution >= 4 is 11.8 Å². The third kappa shape index (κ3) is 9.63. The fourth-order valence-corrected chi connectivity index (χ4v) is 5.10. The number of ether oxygens (including phenoxy) is 3. The van der Waals surface area contributed by atoms with Crippen molar-refractivity contribution in [1.29, 1.82) is 0 Å². The summed E-state index contributed by atoms with van der Waals surface area (Å²) >= 11 is 0. The van der Waals surface area contributed by atoms with Gasteiger partial charge >= 0.3 is 0 Å². The first kappa shape index (κ1) is 31.1. The van der Waals surface area contributed by atoms with Gasteiger partial charge in [-0.25, -0.2) is 0 Å². The normalized spacial score (nSPS) is 13.5. The van der Waals surface area contributed by atoms with Crippen LogP contribution in [0.1, 0.15) is 29.7 Å². The fraction of sp³-hybridized carbons (Fsp3) is 0.455. The Morgan fingerprint density at radius 3 is 2.33 bits per heavy atom. The third-order valence-electron chi connectivity index (χ3n) is 7.55. The predicted molar refractivity (Wildman–Crippen MR) is 161 cm³/mol. The maximum Gasteiger partial charge on any atom is 0.242 e. The lowest BCUT2D eigenvalue weighted by molar-refractivity contribution is -0.141. The molecule has 0 radical (unpaired) electrons. The molecule has 4 rings (SSSR count). The molecule has 0 bridgehead atoms. The van der Waals surface area contributed by atoms with Crippen molar-refractivity contribution in [3.63, 3.8) is 0 Å². The van der Waals surface area contributed by atoms with Crippen LogP contribution in [0.5, 0.6) is 11.5 Å². The Labute approximate surface area is 248 Å². The minimum absolute atomic E-state index is 0.00739. The van der Waals surface area contributed by atoms with Crippen LogP contribution in [0.15, 0.2) is 71.3 Å². The molecule has 2 heterocycles. The summed E-state index contributed by atoms with van der Waals surface area (Å²) < 4.78 is 21.9. The maximum atomic E-state index is 13.8. The van der Waals surface area contributed by atoms with E-state index in [1.54, 1.807) is 30.3 Å². The molecule has 9 heteroatoms. The van der Waals surface area contributed by atoms with E-state index in [2.05, 4.69) is 4.90 Å². The molecule has 42 heavy (non-hydrogen) atoms. The van der Waals surface area contributed by atoms with Crippen LogP contribution in [0, 0.1) is 0 Å². The van der Waals surface area contributed by atoms with Gasteiger partial charge in [-0.15, -0.1) is 0 Å². The van der Waals surface area contributed by atoms with Gasteiger partial charge in [0.15, 0.2) is 11.5 Å². The van der Waals surface area contributed by atoms with Gasteiger partial charge in [-0.2, -0.15) is 0 Å². The quantitative estimate of drug-likeness (QED) is 0.254. The molecule has 0 unspecified atom stereocenters. The Balaban J connectivity index is 1.43. The predicted octanol–water partition coefficient (Wildman–Crippen LogP) is 4.05. The Hall–Kier alpha value is -3.82.